The van der Waals surface area contributed by atoms with Crippen molar-refractivity contribution in [1.29, 1.82) is 0 Å². The smallest absolute Gasteiger partial charge is 0.204 e. The monoisotopic (exact) mass is 712 g/mol. The average Bonchev–Trinajstić information content (AvgIpc) is 3.17. The molecule has 3 aliphatic carbocycles. The summed E-state index contributed by atoms with van der Waals surface area (Å²) in [5.74, 6) is -61.7. The molecule has 2 aromatic carbocycles. The molecule has 0 fully saturated rings. The first-order valence-corrected chi connectivity index (χ1v) is 12.2. The Morgan fingerprint density at radius 3 is 0.617 bits per heavy atom. The molecule has 0 N–H and O–H groups in total. The Bertz CT molecular complexity index is 1630. The zero-order valence-electron chi connectivity index (χ0n) is 21.7. The van der Waals surface area contributed by atoms with Crippen LogP contribution in [0, 0.1) is 0 Å². The van der Waals surface area contributed by atoms with Crippen molar-refractivity contribution in [2.24, 2.45) is 0 Å². The van der Waals surface area contributed by atoms with E-state index < -0.39 is 110 Å². The van der Waals surface area contributed by atoms with E-state index in [1.165, 1.54) is 0 Å². The second kappa shape index (κ2) is 9.24. The van der Waals surface area contributed by atoms with Gasteiger partial charge in [-0.2, -0.15) is 79.0 Å². The minimum Gasteiger partial charge on any atom is -0.204 e. The van der Waals surface area contributed by atoms with Crippen LogP contribution in [0.25, 0.3) is 22.3 Å². The standard InChI is InChI=1S/C27H8F20/c28-17-15(21(34,35)26(44,45)23(17,38)39)11-5-1-9(2-6-11)13-14(20(32,33)25(42,43)19(13,30)31)10-3-7-12(8-4-10)16-18(29)24(40,41)27(46,47)22(16,36)37/h1-8H. The first-order chi connectivity index (χ1) is 21.0. The SMILES string of the molecule is FC1=C(c2ccc(C3=C(c4ccc(C5=C(F)C(F)(F)C(F)(F)C5(F)F)cc4)C(F)(F)C(F)(F)C3(F)F)cc2)C(F)(F)C(F)(F)C1(F)F. The van der Waals surface area contributed by atoms with Crippen molar-refractivity contribution in [2.75, 3.05) is 0 Å². The maximum Gasteiger partial charge on any atom is 0.383 e. The number of allylic oxidation sites excluding steroid dienone is 6. The fraction of sp³-hybridized carbons (Fsp3) is 0.333. The van der Waals surface area contributed by atoms with Crippen LogP contribution in [0.5, 0.6) is 0 Å². The lowest BCUT2D eigenvalue weighted by Gasteiger charge is -2.26. The molecule has 0 unspecified atom stereocenters. The lowest BCUT2D eigenvalue weighted by atomic mass is 9.91. The van der Waals surface area contributed by atoms with E-state index in [1.807, 2.05) is 0 Å². The molecule has 0 atom stereocenters. The molecule has 0 radical (unpaired) electrons. The van der Waals surface area contributed by atoms with E-state index in [2.05, 4.69) is 0 Å². The van der Waals surface area contributed by atoms with Crippen LogP contribution in [0.2, 0.25) is 0 Å². The van der Waals surface area contributed by atoms with Gasteiger partial charge in [0.25, 0.3) is 0 Å². The van der Waals surface area contributed by atoms with Crippen molar-refractivity contribution >= 4 is 22.3 Å². The summed E-state index contributed by atoms with van der Waals surface area (Å²) in [5, 5.41) is 0. The Balaban J connectivity index is 1.67. The molecular weight excluding hydrogens is 704 g/mol. The normalized spacial score (nSPS) is 27.1. The molecule has 47 heavy (non-hydrogen) atoms. The van der Waals surface area contributed by atoms with E-state index in [0.717, 1.165) is 0 Å². The third kappa shape index (κ3) is 3.80. The van der Waals surface area contributed by atoms with Gasteiger partial charge in [-0.25, -0.2) is 8.78 Å². The van der Waals surface area contributed by atoms with E-state index in [9.17, 15) is 87.8 Å². The van der Waals surface area contributed by atoms with E-state index in [4.69, 9.17) is 0 Å². The Morgan fingerprint density at radius 2 is 0.426 bits per heavy atom. The highest BCUT2D eigenvalue weighted by Gasteiger charge is 2.83. The summed E-state index contributed by atoms with van der Waals surface area (Å²) in [4.78, 5) is 0. The fourth-order valence-corrected chi connectivity index (χ4v) is 5.27. The zero-order chi connectivity index (χ0) is 35.9. The van der Waals surface area contributed by atoms with Gasteiger partial charge in [0.05, 0.1) is 11.1 Å². The zero-order valence-corrected chi connectivity index (χ0v) is 21.7. The second-order valence-electron chi connectivity index (χ2n) is 10.5. The predicted octanol–water partition coefficient (Wildman–Crippen LogP) is 10.7. The van der Waals surface area contributed by atoms with Crippen LogP contribution in [-0.2, 0) is 0 Å². The highest BCUT2D eigenvalue weighted by atomic mass is 19.4. The highest BCUT2D eigenvalue weighted by Crippen LogP contribution is 2.66. The summed E-state index contributed by atoms with van der Waals surface area (Å²) >= 11 is 0. The van der Waals surface area contributed by atoms with Crippen molar-refractivity contribution in [3.05, 3.63) is 82.4 Å². The lowest BCUT2D eigenvalue weighted by molar-refractivity contribution is -0.263. The number of hydrogen-bond acceptors (Lipinski definition) is 0. The Hall–Kier alpha value is -3.74. The van der Waals surface area contributed by atoms with Gasteiger partial charge in [-0.15, -0.1) is 0 Å². The summed E-state index contributed by atoms with van der Waals surface area (Å²) < 4.78 is 282. The van der Waals surface area contributed by atoms with Gasteiger partial charge >= 0.3 is 53.3 Å². The van der Waals surface area contributed by atoms with Gasteiger partial charge in [0, 0.05) is 11.1 Å². The van der Waals surface area contributed by atoms with Gasteiger partial charge in [-0.3, -0.25) is 0 Å². The molecule has 0 saturated heterocycles. The molecule has 0 aliphatic heterocycles. The number of rotatable bonds is 4. The number of hydrogen-bond donors (Lipinski definition) is 0. The molecule has 0 bridgehead atoms. The second-order valence-corrected chi connectivity index (χ2v) is 10.5. The van der Waals surface area contributed by atoms with Crippen LogP contribution in [-0.4, -0.2) is 53.3 Å². The fourth-order valence-electron chi connectivity index (χ4n) is 5.27. The largest absolute Gasteiger partial charge is 0.383 e. The van der Waals surface area contributed by atoms with Crippen LogP contribution in [0.15, 0.2) is 60.2 Å². The number of halogens is 20. The molecule has 0 nitrogen and oxygen atoms in total. The van der Waals surface area contributed by atoms with E-state index >= 15 is 0 Å². The molecule has 0 amide bonds. The van der Waals surface area contributed by atoms with Gasteiger partial charge in [0.15, 0.2) is 11.7 Å². The molecule has 3 aliphatic rings. The van der Waals surface area contributed by atoms with Crippen LogP contribution in [0.4, 0.5) is 87.8 Å². The predicted molar refractivity (Wildman–Crippen MR) is 120 cm³/mol. The Kier molecular flexibility index (Phi) is 6.80. The summed E-state index contributed by atoms with van der Waals surface area (Å²) in [5.41, 5.74) is -16.1. The van der Waals surface area contributed by atoms with Gasteiger partial charge in [-0.1, -0.05) is 48.5 Å². The quantitative estimate of drug-likeness (QED) is 0.277. The molecule has 256 valence electrons. The van der Waals surface area contributed by atoms with Gasteiger partial charge in [0.1, 0.15) is 0 Å². The maximum absolute atomic E-state index is 14.9. The van der Waals surface area contributed by atoms with Crippen LogP contribution >= 0.6 is 0 Å². The third-order valence-corrected chi connectivity index (χ3v) is 7.79. The molecule has 0 aromatic heterocycles. The summed E-state index contributed by atoms with van der Waals surface area (Å²) in [6.45, 7) is 0. The maximum atomic E-state index is 14.9. The van der Waals surface area contributed by atoms with E-state index in [1.54, 1.807) is 0 Å². The highest BCUT2D eigenvalue weighted by molar-refractivity contribution is 6.01. The third-order valence-electron chi connectivity index (χ3n) is 7.79. The summed E-state index contributed by atoms with van der Waals surface area (Å²) in [6.07, 6.45) is 0. The number of benzene rings is 2. The molecule has 5 rings (SSSR count). The minimum absolute atomic E-state index is 0.0151. The van der Waals surface area contributed by atoms with E-state index in [-0.39, 0.29) is 48.5 Å². The van der Waals surface area contributed by atoms with Crippen LogP contribution in [0.1, 0.15) is 22.3 Å². The Morgan fingerprint density at radius 1 is 0.255 bits per heavy atom. The van der Waals surface area contributed by atoms with Gasteiger partial charge < -0.3 is 0 Å². The molecule has 0 saturated carbocycles. The van der Waals surface area contributed by atoms with Gasteiger partial charge in [0.2, 0.25) is 0 Å². The first kappa shape index (κ1) is 34.6. The molecule has 0 spiro atoms. The van der Waals surface area contributed by atoms with Crippen molar-refractivity contribution in [3.63, 3.8) is 0 Å². The van der Waals surface area contributed by atoms with Crippen molar-refractivity contribution < 1.29 is 87.8 Å². The summed E-state index contributed by atoms with van der Waals surface area (Å²) in [6, 6.07) is -0.259. The molecule has 20 heteroatoms. The topological polar surface area (TPSA) is 0 Å². The summed E-state index contributed by atoms with van der Waals surface area (Å²) in [7, 11) is 0. The first-order valence-electron chi connectivity index (χ1n) is 12.2. The number of alkyl halides is 18. The van der Waals surface area contributed by atoms with Crippen molar-refractivity contribution in [2.45, 2.75) is 53.3 Å². The molecule has 2 aromatic rings. The van der Waals surface area contributed by atoms with Crippen LogP contribution in [0.3, 0.4) is 0 Å². The van der Waals surface area contributed by atoms with Crippen molar-refractivity contribution in [1.82, 2.24) is 0 Å². The van der Waals surface area contributed by atoms with E-state index in [0.29, 0.717) is 0 Å². The Labute approximate surface area is 246 Å². The van der Waals surface area contributed by atoms with Crippen LogP contribution < -0.4 is 0 Å². The molecule has 0 heterocycles. The average molecular weight is 712 g/mol. The molecular formula is C27H8F20. The minimum atomic E-state index is -6.36. The lowest BCUT2D eigenvalue weighted by Crippen LogP contribution is -2.49. The van der Waals surface area contributed by atoms with Crippen molar-refractivity contribution in [3.8, 4) is 0 Å². The van der Waals surface area contributed by atoms with Gasteiger partial charge in [-0.05, 0) is 22.3 Å².